The average molecular weight is 417 g/mol. The first-order chi connectivity index (χ1) is 14.1. The summed E-state index contributed by atoms with van der Waals surface area (Å²) in [5.41, 5.74) is 0. The van der Waals surface area contributed by atoms with Crippen molar-refractivity contribution >= 4 is 23.4 Å². The van der Waals surface area contributed by atoms with E-state index in [4.69, 9.17) is 21.1 Å². The molecule has 0 atom stereocenters. The van der Waals surface area contributed by atoms with Crippen molar-refractivity contribution in [3.05, 3.63) is 59.6 Å². The third-order valence-corrected chi connectivity index (χ3v) is 4.96. The van der Waals surface area contributed by atoms with Crippen molar-refractivity contribution in [2.24, 2.45) is 0 Å². The van der Waals surface area contributed by atoms with Gasteiger partial charge in [-0.2, -0.15) is 0 Å². The number of para-hydroxylation sites is 1. The summed E-state index contributed by atoms with van der Waals surface area (Å²) in [6.07, 6.45) is 1.11. The number of halogens is 1. The number of piperazine rings is 1. The summed E-state index contributed by atoms with van der Waals surface area (Å²) in [5, 5.41) is 0.621. The van der Waals surface area contributed by atoms with Crippen molar-refractivity contribution in [1.29, 1.82) is 0 Å². The Kier molecular flexibility index (Phi) is 7.76. The number of hydrogen-bond acceptors (Lipinski definition) is 4. The predicted molar refractivity (Wildman–Crippen MR) is 111 cm³/mol. The van der Waals surface area contributed by atoms with Crippen LogP contribution in [-0.4, -0.2) is 61.0 Å². The first-order valence-corrected chi connectivity index (χ1v) is 10.1. The molecule has 0 aromatic heterocycles. The van der Waals surface area contributed by atoms with Crippen LogP contribution in [0.5, 0.6) is 11.5 Å². The van der Waals surface area contributed by atoms with Crippen LogP contribution >= 0.6 is 11.6 Å². The van der Waals surface area contributed by atoms with Gasteiger partial charge in [0, 0.05) is 37.6 Å². The molecule has 1 heterocycles. The zero-order chi connectivity index (χ0) is 20.5. The third-order valence-electron chi connectivity index (χ3n) is 4.71. The fraction of sp³-hybridized carbons (Fsp3) is 0.364. The second-order valence-corrected chi connectivity index (χ2v) is 7.21. The van der Waals surface area contributed by atoms with Gasteiger partial charge >= 0.3 is 0 Å². The highest BCUT2D eigenvalue weighted by Crippen LogP contribution is 2.16. The molecular weight excluding hydrogens is 392 g/mol. The summed E-state index contributed by atoms with van der Waals surface area (Å²) in [5.74, 6) is 1.44. The van der Waals surface area contributed by atoms with Gasteiger partial charge in [-0.25, -0.2) is 0 Å². The minimum absolute atomic E-state index is 0.0214. The topological polar surface area (TPSA) is 59.1 Å². The molecule has 2 amide bonds. The predicted octanol–water partition coefficient (Wildman–Crippen LogP) is 3.25. The Morgan fingerprint density at radius 1 is 0.793 bits per heavy atom. The Labute approximate surface area is 176 Å². The molecule has 3 rings (SSSR count). The van der Waals surface area contributed by atoms with E-state index < -0.39 is 0 Å². The molecule has 1 saturated heterocycles. The van der Waals surface area contributed by atoms with Crippen LogP contribution in [0.2, 0.25) is 5.02 Å². The molecule has 1 aliphatic heterocycles. The van der Waals surface area contributed by atoms with E-state index in [1.54, 1.807) is 29.2 Å². The molecule has 0 spiro atoms. The van der Waals surface area contributed by atoms with Gasteiger partial charge in [-0.15, -0.1) is 0 Å². The molecule has 1 fully saturated rings. The number of nitrogens with zero attached hydrogens (tertiary/aromatic N) is 2. The van der Waals surface area contributed by atoms with Gasteiger partial charge in [0.1, 0.15) is 11.5 Å². The summed E-state index contributed by atoms with van der Waals surface area (Å²) in [4.78, 5) is 28.2. The van der Waals surface area contributed by atoms with E-state index in [2.05, 4.69) is 0 Å². The highest BCUT2D eigenvalue weighted by atomic mass is 35.5. The van der Waals surface area contributed by atoms with Crippen LogP contribution in [0.4, 0.5) is 0 Å². The van der Waals surface area contributed by atoms with Gasteiger partial charge in [0.2, 0.25) is 5.91 Å². The van der Waals surface area contributed by atoms with E-state index in [0.29, 0.717) is 56.4 Å². The Morgan fingerprint density at radius 3 is 2.03 bits per heavy atom. The second-order valence-electron chi connectivity index (χ2n) is 6.77. The molecule has 0 N–H and O–H groups in total. The smallest absolute Gasteiger partial charge is 0.260 e. The number of carbonyl (C=O) groups excluding carboxylic acids is 2. The summed E-state index contributed by atoms with van der Waals surface area (Å²) < 4.78 is 11.1. The Morgan fingerprint density at radius 2 is 1.38 bits per heavy atom. The van der Waals surface area contributed by atoms with Crippen molar-refractivity contribution in [1.82, 2.24) is 9.80 Å². The van der Waals surface area contributed by atoms with Crippen molar-refractivity contribution in [3.63, 3.8) is 0 Å². The van der Waals surface area contributed by atoms with Gasteiger partial charge < -0.3 is 19.3 Å². The van der Waals surface area contributed by atoms with Gasteiger partial charge in [-0.05, 0) is 42.8 Å². The summed E-state index contributed by atoms with van der Waals surface area (Å²) in [6.45, 7) is 2.63. The SMILES string of the molecule is O=C(CCCOc1ccccc1)N1CCN(C(=O)COc2ccc(Cl)cc2)CC1. The number of amides is 2. The summed E-state index contributed by atoms with van der Waals surface area (Å²) in [7, 11) is 0. The van der Waals surface area contributed by atoms with E-state index in [1.165, 1.54) is 0 Å². The van der Waals surface area contributed by atoms with E-state index in [0.717, 1.165) is 5.75 Å². The summed E-state index contributed by atoms with van der Waals surface area (Å²) in [6, 6.07) is 16.5. The van der Waals surface area contributed by atoms with Crippen LogP contribution < -0.4 is 9.47 Å². The first-order valence-electron chi connectivity index (χ1n) is 9.73. The van der Waals surface area contributed by atoms with Crippen LogP contribution in [0, 0.1) is 0 Å². The molecule has 0 bridgehead atoms. The molecule has 0 aliphatic carbocycles. The largest absolute Gasteiger partial charge is 0.494 e. The van der Waals surface area contributed by atoms with Crippen LogP contribution in [0.1, 0.15) is 12.8 Å². The Hall–Kier alpha value is -2.73. The highest BCUT2D eigenvalue weighted by Gasteiger charge is 2.24. The van der Waals surface area contributed by atoms with Gasteiger partial charge in [0.05, 0.1) is 6.61 Å². The maximum atomic E-state index is 12.4. The van der Waals surface area contributed by atoms with Crippen LogP contribution in [0.15, 0.2) is 54.6 Å². The molecule has 154 valence electrons. The minimum Gasteiger partial charge on any atom is -0.494 e. The first kappa shape index (κ1) is 21.0. The molecule has 2 aromatic carbocycles. The molecule has 2 aromatic rings. The molecule has 1 aliphatic rings. The third kappa shape index (κ3) is 6.68. The second kappa shape index (κ2) is 10.7. The van der Waals surface area contributed by atoms with Gasteiger partial charge in [0.25, 0.3) is 5.91 Å². The van der Waals surface area contributed by atoms with E-state index in [1.807, 2.05) is 35.2 Å². The van der Waals surface area contributed by atoms with E-state index in [9.17, 15) is 9.59 Å². The molecule has 0 saturated carbocycles. The number of carbonyl (C=O) groups is 2. The maximum Gasteiger partial charge on any atom is 0.260 e. The number of rotatable bonds is 8. The standard InChI is InChI=1S/C22H25ClN2O4/c23-18-8-10-20(11-9-18)29-17-22(27)25-14-12-24(13-15-25)21(26)7-4-16-28-19-5-2-1-3-6-19/h1-3,5-6,8-11H,4,7,12-17H2. The van der Waals surface area contributed by atoms with E-state index in [-0.39, 0.29) is 18.4 Å². The lowest BCUT2D eigenvalue weighted by Gasteiger charge is -2.34. The van der Waals surface area contributed by atoms with Crippen molar-refractivity contribution in [2.75, 3.05) is 39.4 Å². The molecule has 7 heteroatoms. The lowest BCUT2D eigenvalue weighted by Crippen LogP contribution is -2.51. The Balaban J connectivity index is 1.32. The lowest BCUT2D eigenvalue weighted by atomic mass is 10.2. The molecule has 29 heavy (non-hydrogen) atoms. The van der Waals surface area contributed by atoms with Crippen LogP contribution in [-0.2, 0) is 9.59 Å². The van der Waals surface area contributed by atoms with Gasteiger partial charge in [-0.3, -0.25) is 9.59 Å². The quantitative estimate of drug-likeness (QED) is 0.620. The fourth-order valence-electron chi connectivity index (χ4n) is 3.06. The highest BCUT2D eigenvalue weighted by molar-refractivity contribution is 6.30. The number of hydrogen-bond donors (Lipinski definition) is 0. The average Bonchev–Trinajstić information content (AvgIpc) is 2.77. The lowest BCUT2D eigenvalue weighted by molar-refractivity contribution is -0.140. The fourth-order valence-corrected chi connectivity index (χ4v) is 3.19. The number of benzene rings is 2. The minimum atomic E-state index is -0.0803. The van der Waals surface area contributed by atoms with Gasteiger partial charge in [-0.1, -0.05) is 29.8 Å². The normalized spacial score (nSPS) is 13.8. The zero-order valence-corrected chi connectivity index (χ0v) is 17.0. The summed E-state index contributed by atoms with van der Waals surface area (Å²) >= 11 is 5.83. The molecule has 6 nitrogen and oxygen atoms in total. The maximum absolute atomic E-state index is 12.4. The van der Waals surface area contributed by atoms with Crippen molar-refractivity contribution in [2.45, 2.75) is 12.8 Å². The molecule has 0 radical (unpaired) electrons. The van der Waals surface area contributed by atoms with Crippen LogP contribution in [0.25, 0.3) is 0 Å². The molecule has 0 unspecified atom stereocenters. The van der Waals surface area contributed by atoms with Crippen LogP contribution in [0.3, 0.4) is 0 Å². The van der Waals surface area contributed by atoms with Gasteiger partial charge in [0.15, 0.2) is 6.61 Å². The monoisotopic (exact) mass is 416 g/mol. The Bertz CT molecular complexity index is 790. The number of ether oxygens (including phenoxy) is 2. The zero-order valence-electron chi connectivity index (χ0n) is 16.3. The van der Waals surface area contributed by atoms with Crippen molar-refractivity contribution < 1.29 is 19.1 Å². The van der Waals surface area contributed by atoms with E-state index >= 15 is 0 Å². The van der Waals surface area contributed by atoms with Crippen molar-refractivity contribution in [3.8, 4) is 11.5 Å². The molecular formula is C22H25ClN2O4.